The normalized spacial score (nSPS) is 10.7. The molecule has 0 fully saturated rings. The van der Waals surface area contributed by atoms with Crippen LogP contribution >= 0.6 is 11.3 Å². The monoisotopic (exact) mass is 330 g/mol. The van der Waals surface area contributed by atoms with Crippen molar-refractivity contribution in [3.05, 3.63) is 63.7 Å². The number of carbonyl (C=O) groups is 1. The van der Waals surface area contributed by atoms with Crippen LogP contribution in [0.25, 0.3) is 0 Å². The zero-order valence-corrected chi connectivity index (χ0v) is 13.3. The molecule has 1 aromatic carbocycles. The van der Waals surface area contributed by atoms with Gasteiger partial charge in [0.2, 0.25) is 5.91 Å². The van der Waals surface area contributed by atoms with Crippen molar-refractivity contribution in [3.8, 4) is 0 Å². The van der Waals surface area contributed by atoms with Crippen LogP contribution in [0.3, 0.4) is 0 Å². The number of hydrogen-bond donors (Lipinski definition) is 1. The first kappa shape index (κ1) is 15.4. The van der Waals surface area contributed by atoms with E-state index in [-0.39, 0.29) is 18.3 Å². The lowest BCUT2D eigenvalue weighted by Crippen LogP contribution is -2.15. The standard InChI is InChI=1S/C16H15FN4OS/c1-11-16(18-15(22)9-13-6-4-8-23-13)19-20-21(11)10-12-5-2-3-7-14(12)17/h2-8H,9-10H2,1H3,(H,18,22). The average molecular weight is 330 g/mol. The minimum Gasteiger partial charge on any atom is -0.307 e. The number of anilines is 1. The molecule has 5 nitrogen and oxygen atoms in total. The van der Waals surface area contributed by atoms with Crippen LogP contribution in [0, 0.1) is 12.7 Å². The highest BCUT2D eigenvalue weighted by Gasteiger charge is 2.13. The van der Waals surface area contributed by atoms with Crippen molar-refractivity contribution in [3.63, 3.8) is 0 Å². The number of hydrogen-bond acceptors (Lipinski definition) is 4. The lowest BCUT2D eigenvalue weighted by Gasteiger charge is -2.06. The Kier molecular flexibility index (Phi) is 4.47. The van der Waals surface area contributed by atoms with Gasteiger partial charge in [-0.05, 0) is 24.4 Å². The summed E-state index contributed by atoms with van der Waals surface area (Å²) in [4.78, 5) is 13.0. The number of amides is 1. The molecule has 0 atom stereocenters. The summed E-state index contributed by atoms with van der Waals surface area (Å²) in [5, 5.41) is 12.6. The summed E-state index contributed by atoms with van der Waals surface area (Å²) < 4.78 is 15.3. The van der Waals surface area contributed by atoms with Crippen LogP contribution in [-0.4, -0.2) is 20.9 Å². The van der Waals surface area contributed by atoms with Crippen molar-refractivity contribution in [2.45, 2.75) is 19.9 Å². The molecule has 0 aliphatic rings. The van der Waals surface area contributed by atoms with Gasteiger partial charge in [-0.15, -0.1) is 16.4 Å². The molecule has 0 spiro atoms. The Morgan fingerprint density at radius 1 is 1.30 bits per heavy atom. The molecule has 0 unspecified atom stereocenters. The summed E-state index contributed by atoms with van der Waals surface area (Å²) in [5.41, 5.74) is 1.21. The first-order valence-corrected chi connectivity index (χ1v) is 7.97. The van der Waals surface area contributed by atoms with Gasteiger partial charge in [-0.3, -0.25) is 4.79 Å². The molecule has 2 aromatic heterocycles. The fourth-order valence-electron chi connectivity index (χ4n) is 2.16. The van der Waals surface area contributed by atoms with E-state index in [4.69, 9.17) is 0 Å². The molecule has 23 heavy (non-hydrogen) atoms. The Bertz CT molecular complexity index is 813. The lowest BCUT2D eigenvalue weighted by molar-refractivity contribution is -0.115. The molecule has 0 aliphatic carbocycles. The molecule has 0 saturated heterocycles. The number of thiophene rings is 1. The molecule has 0 bridgehead atoms. The van der Waals surface area contributed by atoms with Crippen molar-refractivity contribution >= 4 is 23.1 Å². The smallest absolute Gasteiger partial charge is 0.230 e. The molecular weight excluding hydrogens is 315 g/mol. The van der Waals surface area contributed by atoms with Crippen molar-refractivity contribution in [1.29, 1.82) is 0 Å². The van der Waals surface area contributed by atoms with Gasteiger partial charge in [0, 0.05) is 10.4 Å². The summed E-state index contributed by atoms with van der Waals surface area (Å²) >= 11 is 1.53. The Balaban J connectivity index is 1.69. The lowest BCUT2D eigenvalue weighted by atomic mass is 10.2. The quantitative estimate of drug-likeness (QED) is 0.782. The zero-order chi connectivity index (χ0) is 16.2. The molecule has 1 amide bonds. The van der Waals surface area contributed by atoms with Crippen LogP contribution < -0.4 is 5.32 Å². The second-order valence-corrected chi connectivity index (χ2v) is 6.11. The van der Waals surface area contributed by atoms with Gasteiger partial charge in [-0.2, -0.15) is 0 Å². The van der Waals surface area contributed by atoms with Crippen molar-refractivity contribution in [1.82, 2.24) is 15.0 Å². The van der Waals surface area contributed by atoms with E-state index < -0.39 is 0 Å². The summed E-state index contributed by atoms with van der Waals surface area (Å²) in [7, 11) is 0. The minimum atomic E-state index is -0.286. The molecule has 2 heterocycles. The van der Waals surface area contributed by atoms with Gasteiger partial charge in [0.25, 0.3) is 0 Å². The first-order chi connectivity index (χ1) is 11.1. The van der Waals surface area contributed by atoms with E-state index in [0.717, 1.165) is 4.88 Å². The Morgan fingerprint density at radius 3 is 2.87 bits per heavy atom. The second kappa shape index (κ2) is 6.70. The molecule has 0 aliphatic heterocycles. The van der Waals surface area contributed by atoms with Gasteiger partial charge in [0.15, 0.2) is 5.82 Å². The van der Waals surface area contributed by atoms with E-state index >= 15 is 0 Å². The predicted molar refractivity (Wildman–Crippen MR) is 86.9 cm³/mol. The van der Waals surface area contributed by atoms with Crippen LogP contribution in [0.15, 0.2) is 41.8 Å². The van der Waals surface area contributed by atoms with Crippen molar-refractivity contribution in [2.75, 3.05) is 5.32 Å². The Morgan fingerprint density at radius 2 is 2.13 bits per heavy atom. The summed E-state index contributed by atoms with van der Waals surface area (Å²) in [6.45, 7) is 2.06. The molecule has 3 aromatic rings. The molecule has 118 valence electrons. The van der Waals surface area contributed by atoms with Crippen molar-refractivity contribution in [2.24, 2.45) is 0 Å². The van der Waals surface area contributed by atoms with E-state index in [1.807, 2.05) is 17.5 Å². The van der Waals surface area contributed by atoms with Crippen LogP contribution in [-0.2, 0) is 17.8 Å². The van der Waals surface area contributed by atoms with Crippen LogP contribution in [0.2, 0.25) is 0 Å². The van der Waals surface area contributed by atoms with Crippen LogP contribution in [0.5, 0.6) is 0 Å². The Labute approximate surface area is 136 Å². The Hall–Kier alpha value is -2.54. The largest absolute Gasteiger partial charge is 0.307 e. The molecule has 0 saturated carbocycles. The topological polar surface area (TPSA) is 59.8 Å². The minimum absolute atomic E-state index is 0.145. The number of rotatable bonds is 5. The highest BCUT2D eigenvalue weighted by Crippen LogP contribution is 2.15. The number of carbonyl (C=O) groups excluding carboxylic acids is 1. The first-order valence-electron chi connectivity index (χ1n) is 7.09. The number of halogens is 1. The molecule has 3 rings (SSSR count). The average Bonchev–Trinajstić information content (AvgIpc) is 3.14. The number of aromatic nitrogens is 3. The van der Waals surface area contributed by atoms with Gasteiger partial charge in [0.05, 0.1) is 18.7 Å². The third kappa shape index (κ3) is 3.62. The maximum Gasteiger partial charge on any atom is 0.230 e. The van der Waals surface area contributed by atoms with E-state index in [1.54, 1.807) is 29.8 Å². The van der Waals surface area contributed by atoms with Gasteiger partial charge in [0.1, 0.15) is 5.82 Å². The molecule has 7 heteroatoms. The molecular formula is C16H15FN4OS. The maximum absolute atomic E-state index is 13.7. The predicted octanol–water partition coefficient (Wildman–Crippen LogP) is 3.02. The second-order valence-electron chi connectivity index (χ2n) is 5.08. The highest BCUT2D eigenvalue weighted by molar-refractivity contribution is 7.10. The third-order valence-electron chi connectivity index (χ3n) is 3.43. The van der Waals surface area contributed by atoms with Gasteiger partial charge in [-0.25, -0.2) is 9.07 Å². The summed E-state index contributed by atoms with van der Waals surface area (Å²) in [5.74, 6) is -0.0259. The number of benzene rings is 1. The summed E-state index contributed by atoms with van der Waals surface area (Å²) in [6, 6.07) is 10.3. The summed E-state index contributed by atoms with van der Waals surface area (Å²) in [6.07, 6.45) is 0.303. The van der Waals surface area contributed by atoms with E-state index in [1.165, 1.54) is 17.4 Å². The van der Waals surface area contributed by atoms with E-state index in [0.29, 0.717) is 23.5 Å². The third-order valence-corrected chi connectivity index (χ3v) is 4.31. The number of nitrogens with one attached hydrogen (secondary N) is 1. The SMILES string of the molecule is Cc1c(NC(=O)Cc2cccs2)nnn1Cc1ccccc1F. The van der Waals surface area contributed by atoms with Gasteiger partial charge >= 0.3 is 0 Å². The van der Waals surface area contributed by atoms with Crippen molar-refractivity contribution < 1.29 is 9.18 Å². The zero-order valence-electron chi connectivity index (χ0n) is 12.5. The van der Waals surface area contributed by atoms with Crippen LogP contribution in [0.1, 0.15) is 16.1 Å². The van der Waals surface area contributed by atoms with Crippen LogP contribution in [0.4, 0.5) is 10.2 Å². The van der Waals surface area contributed by atoms with E-state index in [2.05, 4.69) is 15.6 Å². The number of nitrogens with zero attached hydrogens (tertiary/aromatic N) is 3. The fraction of sp³-hybridized carbons (Fsp3) is 0.188. The van der Waals surface area contributed by atoms with Gasteiger partial charge < -0.3 is 5.32 Å². The van der Waals surface area contributed by atoms with E-state index in [9.17, 15) is 9.18 Å². The maximum atomic E-state index is 13.7. The molecule has 0 radical (unpaired) electrons. The fourth-order valence-corrected chi connectivity index (χ4v) is 2.87. The molecule has 1 N–H and O–H groups in total. The van der Waals surface area contributed by atoms with Gasteiger partial charge in [-0.1, -0.05) is 29.5 Å². The highest BCUT2D eigenvalue weighted by atomic mass is 32.1.